The van der Waals surface area contributed by atoms with Gasteiger partial charge >= 0.3 is 5.97 Å². The summed E-state index contributed by atoms with van der Waals surface area (Å²) in [6, 6.07) is 13.6. The molecule has 10 nitrogen and oxygen atoms in total. The van der Waals surface area contributed by atoms with Crippen LogP contribution in [0.1, 0.15) is 46.9 Å². The molecular weight excluding hydrogens is 527 g/mol. The number of hydrogen-bond donors (Lipinski definition) is 2. The van der Waals surface area contributed by atoms with Crippen molar-refractivity contribution in [3.05, 3.63) is 90.1 Å². The molecule has 3 unspecified atom stereocenters. The predicted octanol–water partition coefficient (Wildman–Crippen LogP) is 3.41. The van der Waals surface area contributed by atoms with E-state index >= 15 is 0 Å². The molecule has 4 atom stereocenters. The summed E-state index contributed by atoms with van der Waals surface area (Å²) in [6.45, 7) is 2.37. The highest BCUT2D eigenvalue weighted by atomic mass is 19.1. The number of fused-ring (bicyclic) bond motifs is 1. The van der Waals surface area contributed by atoms with Crippen LogP contribution in [0.25, 0.3) is 16.6 Å². The van der Waals surface area contributed by atoms with Gasteiger partial charge in [-0.15, -0.1) is 5.06 Å². The van der Waals surface area contributed by atoms with Crippen LogP contribution in [0.5, 0.6) is 0 Å². The molecule has 2 amide bonds. The van der Waals surface area contributed by atoms with Crippen molar-refractivity contribution in [2.75, 3.05) is 6.54 Å². The van der Waals surface area contributed by atoms with Crippen molar-refractivity contribution >= 4 is 28.7 Å². The Balaban J connectivity index is 1.20. The maximum atomic E-state index is 13.7. The van der Waals surface area contributed by atoms with Crippen LogP contribution in [0.4, 0.5) is 4.39 Å². The fourth-order valence-electron chi connectivity index (χ4n) is 5.99. The Morgan fingerprint density at radius 3 is 2.49 bits per heavy atom. The number of benzene rings is 2. The summed E-state index contributed by atoms with van der Waals surface area (Å²) in [4.78, 5) is 48.6. The SMILES string of the molecule is C[C@@H]1CC1(NC(=O)c1cncc2c1cnn2-c1ccc(F)cc1)C1CCN(OC(=O)c2ccccc2)C(C(N)=O)C1. The Labute approximate surface area is 235 Å². The standard InChI is InChI=1S/C30H29FN6O4/c1-18-14-30(18,20-11-12-36(25(13-20)27(32)38)41-29(40)19-5-3-2-4-6-19)35-28(39)24-15-33-17-26-23(24)16-34-37(26)22-9-7-21(31)8-10-22/h2-10,15-18,20,25H,11-14H2,1H3,(H2,32,38)(H,35,39)/t18-,20?,25?,30?/m1/s1. The molecule has 3 heterocycles. The maximum Gasteiger partial charge on any atom is 0.357 e. The van der Waals surface area contributed by atoms with E-state index in [2.05, 4.69) is 22.3 Å². The first-order valence-corrected chi connectivity index (χ1v) is 13.5. The van der Waals surface area contributed by atoms with Crippen LogP contribution in [-0.4, -0.2) is 55.7 Å². The van der Waals surface area contributed by atoms with E-state index in [-0.39, 0.29) is 23.6 Å². The third-order valence-electron chi connectivity index (χ3n) is 8.34. The summed E-state index contributed by atoms with van der Waals surface area (Å²) in [5, 5.41) is 9.64. The molecule has 4 aromatic rings. The van der Waals surface area contributed by atoms with Crippen LogP contribution in [0.15, 0.2) is 73.2 Å². The number of hydrogen-bond acceptors (Lipinski definition) is 7. The van der Waals surface area contributed by atoms with Gasteiger partial charge in [0.2, 0.25) is 5.91 Å². The lowest BCUT2D eigenvalue weighted by molar-refractivity contribution is -0.170. The van der Waals surface area contributed by atoms with E-state index in [1.807, 2.05) is 0 Å². The predicted molar refractivity (Wildman–Crippen MR) is 147 cm³/mol. The summed E-state index contributed by atoms with van der Waals surface area (Å²) in [7, 11) is 0. The lowest BCUT2D eigenvalue weighted by Crippen LogP contribution is -2.55. The molecule has 2 aliphatic rings. The largest absolute Gasteiger partial charge is 0.368 e. The van der Waals surface area contributed by atoms with Crippen LogP contribution < -0.4 is 11.1 Å². The molecule has 2 aromatic heterocycles. The Morgan fingerprint density at radius 2 is 1.80 bits per heavy atom. The summed E-state index contributed by atoms with van der Waals surface area (Å²) >= 11 is 0. The third-order valence-corrected chi connectivity index (χ3v) is 8.34. The number of rotatable bonds is 7. The van der Waals surface area contributed by atoms with E-state index in [1.165, 1.54) is 23.4 Å². The van der Waals surface area contributed by atoms with Crippen molar-refractivity contribution in [2.45, 2.75) is 37.8 Å². The van der Waals surface area contributed by atoms with Gasteiger partial charge in [0.05, 0.1) is 34.7 Å². The second-order valence-corrected chi connectivity index (χ2v) is 10.8. The normalized spacial score (nSPS) is 24.1. The number of nitrogens with two attached hydrogens (primary N) is 1. The highest BCUT2D eigenvalue weighted by Crippen LogP contribution is 2.53. The first kappa shape index (κ1) is 26.6. The number of primary amides is 1. The molecule has 3 N–H and O–H groups in total. The minimum Gasteiger partial charge on any atom is -0.368 e. The zero-order valence-electron chi connectivity index (χ0n) is 22.4. The van der Waals surface area contributed by atoms with Crippen LogP contribution >= 0.6 is 0 Å². The van der Waals surface area contributed by atoms with E-state index in [0.717, 1.165) is 6.42 Å². The van der Waals surface area contributed by atoms with Crippen molar-refractivity contribution < 1.29 is 23.6 Å². The highest BCUT2D eigenvalue weighted by Gasteiger charge is 2.59. The van der Waals surface area contributed by atoms with Crippen molar-refractivity contribution in [1.82, 2.24) is 25.1 Å². The number of hydroxylamine groups is 2. The number of amides is 2. The average molecular weight is 557 g/mol. The smallest absolute Gasteiger partial charge is 0.357 e. The van der Waals surface area contributed by atoms with E-state index in [0.29, 0.717) is 47.1 Å². The number of nitrogens with zero attached hydrogens (tertiary/aromatic N) is 4. The van der Waals surface area contributed by atoms with Crippen molar-refractivity contribution in [3.63, 3.8) is 0 Å². The number of carbonyl (C=O) groups excluding carboxylic acids is 3. The van der Waals surface area contributed by atoms with Gasteiger partial charge in [0.1, 0.15) is 11.9 Å². The number of halogens is 1. The summed E-state index contributed by atoms with van der Waals surface area (Å²) in [6.07, 6.45) is 6.40. The second kappa shape index (κ2) is 10.4. The number of piperidine rings is 1. The van der Waals surface area contributed by atoms with E-state index in [4.69, 9.17) is 10.6 Å². The second-order valence-electron chi connectivity index (χ2n) is 10.8. The Morgan fingerprint density at radius 1 is 1.07 bits per heavy atom. The third kappa shape index (κ3) is 4.93. The summed E-state index contributed by atoms with van der Waals surface area (Å²) in [5.74, 6) is -1.67. The Bertz CT molecular complexity index is 1630. The summed E-state index contributed by atoms with van der Waals surface area (Å²) < 4.78 is 15.0. The van der Waals surface area contributed by atoms with Gasteiger partial charge in [-0.05, 0) is 67.5 Å². The fraction of sp³-hybridized carbons (Fsp3) is 0.300. The fourth-order valence-corrected chi connectivity index (χ4v) is 5.99. The van der Waals surface area contributed by atoms with Gasteiger partial charge in [-0.25, -0.2) is 13.9 Å². The zero-order valence-corrected chi connectivity index (χ0v) is 22.4. The topological polar surface area (TPSA) is 132 Å². The molecule has 41 heavy (non-hydrogen) atoms. The van der Waals surface area contributed by atoms with Crippen LogP contribution in [0.3, 0.4) is 0 Å². The zero-order chi connectivity index (χ0) is 28.7. The van der Waals surface area contributed by atoms with Crippen LogP contribution in [0, 0.1) is 17.7 Å². The van der Waals surface area contributed by atoms with Gasteiger partial charge < -0.3 is 15.9 Å². The average Bonchev–Trinajstić information content (AvgIpc) is 3.42. The van der Waals surface area contributed by atoms with E-state index < -0.39 is 23.5 Å². The van der Waals surface area contributed by atoms with Gasteiger partial charge in [-0.2, -0.15) is 5.10 Å². The quantitative estimate of drug-likeness (QED) is 0.357. The lowest BCUT2D eigenvalue weighted by atomic mass is 9.82. The van der Waals surface area contributed by atoms with Gasteiger partial charge in [0, 0.05) is 23.7 Å². The minimum absolute atomic E-state index is 0.0558. The number of carbonyl (C=O) groups is 3. The van der Waals surface area contributed by atoms with Gasteiger partial charge in [-0.1, -0.05) is 25.1 Å². The molecular formula is C30H29FN6O4. The van der Waals surface area contributed by atoms with E-state index in [9.17, 15) is 18.8 Å². The van der Waals surface area contributed by atoms with Gasteiger partial charge in [-0.3, -0.25) is 14.6 Å². The number of pyridine rings is 1. The first-order chi connectivity index (χ1) is 19.8. The van der Waals surface area contributed by atoms with Gasteiger partial charge in [0.15, 0.2) is 0 Å². The number of aromatic nitrogens is 3. The molecule has 1 saturated heterocycles. The molecule has 210 valence electrons. The highest BCUT2D eigenvalue weighted by molar-refractivity contribution is 6.06. The molecule has 6 rings (SSSR count). The maximum absolute atomic E-state index is 13.7. The van der Waals surface area contributed by atoms with Gasteiger partial charge in [0.25, 0.3) is 5.91 Å². The van der Waals surface area contributed by atoms with Crippen LogP contribution in [0.2, 0.25) is 0 Å². The molecule has 1 aliphatic carbocycles. The summed E-state index contributed by atoms with van der Waals surface area (Å²) in [5.41, 5.74) is 7.22. The molecule has 0 bridgehead atoms. The number of nitrogens with one attached hydrogen (secondary N) is 1. The molecule has 0 radical (unpaired) electrons. The molecule has 2 aromatic carbocycles. The van der Waals surface area contributed by atoms with Crippen molar-refractivity contribution in [2.24, 2.45) is 17.6 Å². The van der Waals surface area contributed by atoms with E-state index in [1.54, 1.807) is 59.5 Å². The minimum atomic E-state index is -0.818. The first-order valence-electron chi connectivity index (χ1n) is 13.5. The molecule has 1 saturated carbocycles. The van der Waals surface area contributed by atoms with Crippen molar-refractivity contribution in [1.29, 1.82) is 0 Å². The monoisotopic (exact) mass is 556 g/mol. The molecule has 11 heteroatoms. The Kier molecular flexibility index (Phi) is 6.74. The molecule has 0 spiro atoms. The molecule has 2 fully saturated rings. The van der Waals surface area contributed by atoms with Crippen LogP contribution in [-0.2, 0) is 9.63 Å². The Hall–Kier alpha value is -4.64. The van der Waals surface area contributed by atoms with Crippen molar-refractivity contribution in [3.8, 4) is 5.69 Å². The lowest BCUT2D eigenvalue weighted by Gasteiger charge is -2.40. The molecule has 1 aliphatic heterocycles.